The monoisotopic (exact) mass is 702 g/mol. The van der Waals surface area contributed by atoms with E-state index in [1.54, 1.807) is 48.0 Å². The number of nitrogens with one attached hydrogen (secondary N) is 2. The molecule has 0 radical (unpaired) electrons. The number of methoxy groups -OCH3 is 1. The largest absolute Gasteiger partial charge is 0.497 e. The van der Waals surface area contributed by atoms with Crippen LogP contribution in [0.2, 0.25) is 0 Å². The normalized spacial score (nSPS) is 22.2. The third-order valence-electron chi connectivity index (χ3n) is 9.41. The van der Waals surface area contributed by atoms with Gasteiger partial charge in [0.25, 0.3) is 15.9 Å². The molecule has 2 aromatic carbocycles. The van der Waals surface area contributed by atoms with E-state index in [0.29, 0.717) is 31.1 Å². The second-order valence-corrected chi connectivity index (χ2v) is 15.1. The van der Waals surface area contributed by atoms with E-state index in [1.165, 1.54) is 31.7 Å². The van der Waals surface area contributed by atoms with Crippen LogP contribution >= 0.6 is 0 Å². The van der Waals surface area contributed by atoms with E-state index in [1.807, 2.05) is 13.8 Å². The molecule has 0 saturated heterocycles. The van der Waals surface area contributed by atoms with Crippen molar-refractivity contribution >= 4 is 27.6 Å². The molecule has 0 unspecified atom stereocenters. The van der Waals surface area contributed by atoms with E-state index < -0.39 is 22.0 Å². The number of carbonyl (C=O) groups is 2. The number of ether oxygens (including phenoxy) is 3. The van der Waals surface area contributed by atoms with Crippen LogP contribution in [0.5, 0.6) is 11.5 Å². The number of likely N-dealkylation sites (N-methyl/N-ethyl adjacent to an activating group) is 1. The highest BCUT2D eigenvalue weighted by Gasteiger charge is 2.31. The summed E-state index contributed by atoms with van der Waals surface area (Å²) < 4.78 is 46.9. The number of aliphatic hydroxyl groups excluding tert-OH is 1. The summed E-state index contributed by atoms with van der Waals surface area (Å²) in [6, 6.07) is 10.1. The highest BCUT2D eigenvalue weighted by atomic mass is 32.2. The van der Waals surface area contributed by atoms with Gasteiger partial charge in [-0.3, -0.25) is 9.52 Å². The maximum absolute atomic E-state index is 14.4. The summed E-state index contributed by atoms with van der Waals surface area (Å²) in [6.45, 7) is 6.43. The fourth-order valence-electron chi connectivity index (χ4n) is 6.30. The number of aliphatic hydroxyl groups is 1. The number of carbonyl (C=O) groups excluding carboxylic acids is 2. The number of benzene rings is 2. The first-order valence-corrected chi connectivity index (χ1v) is 18.9. The Morgan fingerprint density at radius 3 is 2.43 bits per heavy atom. The molecule has 3 N–H and O–H groups in total. The molecule has 0 spiro atoms. The molecule has 1 fully saturated rings. The van der Waals surface area contributed by atoms with E-state index in [-0.39, 0.29) is 59.5 Å². The molecule has 0 aromatic heterocycles. The van der Waals surface area contributed by atoms with E-state index in [0.717, 1.165) is 38.5 Å². The summed E-state index contributed by atoms with van der Waals surface area (Å²) in [5.41, 5.74) is 0.365. The van der Waals surface area contributed by atoms with Gasteiger partial charge >= 0.3 is 6.03 Å². The number of fused-ring (bicyclic) bond motifs is 1. The summed E-state index contributed by atoms with van der Waals surface area (Å²) in [5, 5.41) is 13.4. The van der Waals surface area contributed by atoms with Crippen LogP contribution in [0.3, 0.4) is 0 Å². The Morgan fingerprint density at radius 1 is 1.06 bits per heavy atom. The van der Waals surface area contributed by atoms with E-state index in [4.69, 9.17) is 14.2 Å². The van der Waals surface area contributed by atoms with Crippen molar-refractivity contribution in [2.24, 2.45) is 5.92 Å². The molecule has 12 nitrogen and oxygen atoms in total. The maximum Gasteiger partial charge on any atom is 0.317 e. The van der Waals surface area contributed by atoms with Crippen molar-refractivity contribution in [3.63, 3.8) is 0 Å². The summed E-state index contributed by atoms with van der Waals surface area (Å²) in [5.74, 6) is 0.222. The van der Waals surface area contributed by atoms with Crippen LogP contribution in [0.4, 0.5) is 10.5 Å². The van der Waals surface area contributed by atoms with Crippen LogP contribution in [-0.4, -0.2) is 100 Å². The van der Waals surface area contributed by atoms with Gasteiger partial charge in [0.15, 0.2) is 0 Å². The van der Waals surface area contributed by atoms with E-state index in [2.05, 4.69) is 10.0 Å². The van der Waals surface area contributed by atoms with Gasteiger partial charge in [0.05, 0.1) is 42.4 Å². The van der Waals surface area contributed by atoms with Crippen molar-refractivity contribution in [1.82, 2.24) is 15.1 Å². The Labute approximate surface area is 291 Å². The topological polar surface area (TPSA) is 147 Å². The molecular weight excluding hydrogens is 648 g/mol. The van der Waals surface area contributed by atoms with Gasteiger partial charge in [-0.2, -0.15) is 0 Å². The molecular formula is C36H54N4O8S. The number of urea groups is 1. The zero-order valence-electron chi connectivity index (χ0n) is 29.5. The second-order valence-electron chi connectivity index (χ2n) is 13.5. The fraction of sp³-hybridized carbons (Fsp3) is 0.611. The van der Waals surface area contributed by atoms with Crippen LogP contribution < -0.4 is 19.5 Å². The lowest BCUT2D eigenvalue weighted by molar-refractivity contribution is -0.0123. The third-order valence-corrected chi connectivity index (χ3v) is 10.8. The Morgan fingerprint density at radius 2 is 1.76 bits per heavy atom. The van der Waals surface area contributed by atoms with Gasteiger partial charge in [0.2, 0.25) is 0 Å². The molecule has 13 heteroatoms. The van der Waals surface area contributed by atoms with Crippen LogP contribution in [0, 0.1) is 5.92 Å². The van der Waals surface area contributed by atoms with Crippen LogP contribution in [0.15, 0.2) is 47.4 Å². The lowest BCUT2D eigenvalue weighted by Crippen LogP contribution is -2.50. The predicted molar refractivity (Wildman–Crippen MR) is 189 cm³/mol. The van der Waals surface area contributed by atoms with Gasteiger partial charge < -0.3 is 34.4 Å². The zero-order valence-corrected chi connectivity index (χ0v) is 30.3. The van der Waals surface area contributed by atoms with Crippen molar-refractivity contribution < 1.29 is 37.3 Å². The first-order chi connectivity index (χ1) is 23.4. The maximum atomic E-state index is 14.4. The van der Waals surface area contributed by atoms with Crippen molar-refractivity contribution in [2.45, 2.75) is 101 Å². The van der Waals surface area contributed by atoms with E-state index in [9.17, 15) is 23.1 Å². The Bertz CT molecular complexity index is 1480. The second kappa shape index (κ2) is 17.9. The van der Waals surface area contributed by atoms with Crippen molar-refractivity contribution in [3.05, 3.63) is 48.0 Å². The molecule has 272 valence electrons. The lowest BCUT2D eigenvalue weighted by Gasteiger charge is -2.36. The molecule has 4 atom stereocenters. The average molecular weight is 703 g/mol. The number of rotatable bonds is 9. The van der Waals surface area contributed by atoms with E-state index >= 15 is 0 Å². The molecule has 0 bridgehead atoms. The SMILES string of the molecule is COc1ccc(S(=O)(=O)Nc2ccc3c(c2)C(=O)N([C@H](C)CO)C[C@@H](C)[C@@H](CN(C)C(=O)NC2CCCCC2)OCCCC[C@H](C)O3)cc1. The average Bonchev–Trinajstić information content (AvgIpc) is 3.09. The first kappa shape index (κ1) is 38.3. The minimum atomic E-state index is -3.99. The lowest BCUT2D eigenvalue weighted by atomic mass is 9.96. The predicted octanol–water partition coefficient (Wildman–Crippen LogP) is 5.27. The fourth-order valence-corrected chi connectivity index (χ4v) is 7.35. The quantitative estimate of drug-likeness (QED) is 0.321. The van der Waals surface area contributed by atoms with Crippen molar-refractivity contribution in [1.29, 1.82) is 0 Å². The standard InChI is InChI=1S/C36H54N4O8S/c1-25-22-40(26(2)24-41)35(42)32-21-29(38-49(44,45)31-17-15-30(46-5)16-18-31)14-19-33(32)48-27(3)11-9-10-20-47-34(25)23-39(4)36(43)37-28-12-7-6-8-13-28/h14-19,21,25-28,34,38,41H,6-13,20,22-24H2,1-5H3,(H,37,43)/t25-,26-,27+,34-/m1/s1. The Kier molecular flexibility index (Phi) is 14.0. The van der Waals surface area contributed by atoms with Gasteiger partial charge in [0.1, 0.15) is 11.5 Å². The van der Waals surface area contributed by atoms with Crippen molar-refractivity contribution in [3.8, 4) is 11.5 Å². The number of sulfonamides is 1. The summed E-state index contributed by atoms with van der Waals surface area (Å²) in [7, 11) is -0.718. The van der Waals surface area contributed by atoms with Crippen LogP contribution in [0.25, 0.3) is 0 Å². The minimum absolute atomic E-state index is 0.0392. The highest BCUT2D eigenvalue weighted by molar-refractivity contribution is 7.92. The number of hydrogen-bond acceptors (Lipinski definition) is 8. The van der Waals surface area contributed by atoms with Gasteiger partial charge in [-0.05, 0) is 88.4 Å². The molecule has 1 aliphatic heterocycles. The summed E-state index contributed by atoms with van der Waals surface area (Å²) in [6.07, 6.45) is 7.14. The van der Waals surface area contributed by atoms with Crippen LogP contribution in [0.1, 0.15) is 82.5 Å². The molecule has 49 heavy (non-hydrogen) atoms. The number of amides is 3. The number of hydrogen-bond donors (Lipinski definition) is 3. The minimum Gasteiger partial charge on any atom is -0.497 e. The molecule has 2 aromatic rings. The third kappa shape index (κ3) is 10.7. The van der Waals surface area contributed by atoms with Gasteiger partial charge in [-0.1, -0.05) is 26.2 Å². The van der Waals surface area contributed by atoms with Gasteiger partial charge in [-0.15, -0.1) is 0 Å². The molecule has 1 aliphatic carbocycles. The molecule has 3 amide bonds. The summed E-state index contributed by atoms with van der Waals surface area (Å²) >= 11 is 0. The summed E-state index contributed by atoms with van der Waals surface area (Å²) in [4.78, 5) is 30.8. The van der Waals surface area contributed by atoms with Gasteiger partial charge in [-0.25, -0.2) is 13.2 Å². The number of anilines is 1. The molecule has 1 saturated carbocycles. The molecule has 2 aliphatic rings. The van der Waals surface area contributed by atoms with Crippen molar-refractivity contribution in [2.75, 3.05) is 45.2 Å². The highest BCUT2D eigenvalue weighted by Crippen LogP contribution is 2.30. The Balaban J connectivity index is 1.61. The smallest absolute Gasteiger partial charge is 0.317 e. The zero-order chi connectivity index (χ0) is 35.6. The first-order valence-electron chi connectivity index (χ1n) is 17.4. The molecule has 4 rings (SSSR count). The van der Waals surface area contributed by atoms with Gasteiger partial charge in [0, 0.05) is 44.4 Å². The number of nitrogens with zero attached hydrogens (tertiary/aromatic N) is 2. The Hall–Kier alpha value is -3.55. The van der Waals surface area contributed by atoms with Crippen LogP contribution in [-0.2, 0) is 14.8 Å². The molecule has 1 heterocycles.